The fraction of sp³-hybridized carbons (Fsp3) is 0.200. The predicted octanol–water partition coefficient (Wildman–Crippen LogP) is 5.45. The van der Waals surface area contributed by atoms with Gasteiger partial charge in [-0.3, -0.25) is 0 Å². The van der Waals surface area contributed by atoms with Crippen LogP contribution < -0.4 is 0 Å². The molecule has 0 heterocycles. The van der Waals surface area contributed by atoms with E-state index in [1.807, 2.05) is 0 Å². The number of aryl methyl sites for hydroxylation is 1. The second kappa shape index (κ2) is 3.73. The molecule has 0 saturated carbocycles. The molecule has 0 bridgehead atoms. The lowest BCUT2D eigenvalue weighted by Crippen LogP contribution is -2.23. The maximum atomic E-state index is 2.34. The molecule has 0 atom stereocenters. The average Bonchev–Trinajstić information content (AvgIpc) is 2.46. The van der Waals surface area contributed by atoms with Gasteiger partial charge in [-0.1, -0.05) is 68.4 Å². The van der Waals surface area contributed by atoms with Crippen LogP contribution in [0.5, 0.6) is 0 Å². The van der Waals surface area contributed by atoms with E-state index in [1.165, 1.54) is 38.6 Å². The molecule has 0 fully saturated rings. The Morgan fingerprint density at radius 3 is 2.30 bits per heavy atom. The average molecular weight is 258 g/mol. The van der Waals surface area contributed by atoms with Crippen LogP contribution in [0.4, 0.5) is 0 Å². The summed E-state index contributed by atoms with van der Waals surface area (Å²) in [6.07, 6.45) is 0. The first-order valence-corrected chi connectivity index (χ1v) is 7.23. The SMILES string of the molecule is Cc1ccc2c3c(cccc13)C(C)(C)c1ccccc1-2. The van der Waals surface area contributed by atoms with Crippen molar-refractivity contribution in [2.75, 3.05) is 0 Å². The molecule has 0 unspecified atom stereocenters. The van der Waals surface area contributed by atoms with Gasteiger partial charge in [0, 0.05) is 5.41 Å². The lowest BCUT2D eigenvalue weighted by molar-refractivity contribution is 0.645. The predicted molar refractivity (Wildman–Crippen MR) is 86.2 cm³/mol. The van der Waals surface area contributed by atoms with Gasteiger partial charge in [0.1, 0.15) is 0 Å². The Balaban J connectivity index is 2.29. The standard InChI is InChI=1S/C20H18/c1-13-11-12-16-15-7-4-5-9-17(15)20(2,3)18-10-6-8-14(13)19(16)18/h4-12H,1-3H3. The third kappa shape index (κ3) is 1.31. The molecule has 1 aliphatic carbocycles. The van der Waals surface area contributed by atoms with Gasteiger partial charge in [-0.25, -0.2) is 0 Å². The van der Waals surface area contributed by atoms with E-state index >= 15 is 0 Å². The number of hydrogen-bond donors (Lipinski definition) is 0. The smallest absolute Gasteiger partial charge is 0.0159 e. The Morgan fingerprint density at radius 1 is 0.700 bits per heavy atom. The zero-order valence-electron chi connectivity index (χ0n) is 12.2. The van der Waals surface area contributed by atoms with Crippen LogP contribution in [0.1, 0.15) is 30.5 Å². The molecule has 0 saturated heterocycles. The van der Waals surface area contributed by atoms with E-state index in [-0.39, 0.29) is 5.41 Å². The maximum Gasteiger partial charge on any atom is 0.0159 e. The molecule has 0 aliphatic heterocycles. The van der Waals surface area contributed by atoms with Crippen LogP contribution in [-0.4, -0.2) is 0 Å². The fourth-order valence-electron chi connectivity index (χ4n) is 3.71. The first-order chi connectivity index (χ1) is 9.60. The lowest BCUT2D eigenvalue weighted by atomic mass is 9.68. The minimum Gasteiger partial charge on any atom is -0.0619 e. The number of fused-ring (bicyclic) bond motifs is 2. The van der Waals surface area contributed by atoms with Crippen molar-refractivity contribution in [1.82, 2.24) is 0 Å². The molecule has 3 aromatic rings. The van der Waals surface area contributed by atoms with E-state index in [0.717, 1.165) is 0 Å². The zero-order valence-corrected chi connectivity index (χ0v) is 12.2. The number of benzene rings is 3. The summed E-state index contributed by atoms with van der Waals surface area (Å²) < 4.78 is 0. The molecule has 4 rings (SSSR count). The summed E-state index contributed by atoms with van der Waals surface area (Å²) in [6.45, 7) is 6.88. The Bertz CT molecular complexity index is 838. The van der Waals surface area contributed by atoms with Gasteiger partial charge in [0.15, 0.2) is 0 Å². The Kier molecular flexibility index (Phi) is 2.18. The van der Waals surface area contributed by atoms with Gasteiger partial charge >= 0.3 is 0 Å². The van der Waals surface area contributed by atoms with Crippen molar-refractivity contribution in [2.24, 2.45) is 0 Å². The molecule has 0 radical (unpaired) electrons. The van der Waals surface area contributed by atoms with E-state index in [9.17, 15) is 0 Å². The van der Waals surface area contributed by atoms with Crippen LogP contribution in [-0.2, 0) is 5.41 Å². The molecular weight excluding hydrogens is 240 g/mol. The number of rotatable bonds is 0. The summed E-state index contributed by atoms with van der Waals surface area (Å²) in [5.41, 5.74) is 7.09. The molecule has 3 aromatic carbocycles. The summed E-state index contributed by atoms with van der Waals surface area (Å²) in [4.78, 5) is 0. The van der Waals surface area contributed by atoms with Crippen LogP contribution in [0.3, 0.4) is 0 Å². The van der Waals surface area contributed by atoms with Gasteiger partial charge in [-0.2, -0.15) is 0 Å². The highest BCUT2D eigenvalue weighted by atomic mass is 14.4. The molecule has 0 amide bonds. The molecule has 98 valence electrons. The summed E-state index contributed by atoms with van der Waals surface area (Å²) >= 11 is 0. The zero-order chi connectivity index (χ0) is 13.9. The van der Waals surface area contributed by atoms with E-state index in [2.05, 4.69) is 75.4 Å². The summed E-state index contributed by atoms with van der Waals surface area (Å²) in [5, 5.41) is 2.83. The number of hydrogen-bond acceptors (Lipinski definition) is 0. The molecular formula is C20H18. The normalized spacial score (nSPS) is 15.2. The third-order valence-corrected chi connectivity index (χ3v) is 4.82. The van der Waals surface area contributed by atoms with Gasteiger partial charge in [0.2, 0.25) is 0 Å². The van der Waals surface area contributed by atoms with Crippen LogP contribution in [0.25, 0.3) is 21.9 Å². The van der Waals surface area contributed by atoms with E-state index in [0.29, 0.717) is 0 Å². The maximum absolute atomic E-state index is 2.34. The Morgan fingerprint density at radius 2 is 1.45 bits per heavy atom. The fourth-order valence-corrected chi connectivity index (χ4v) is 3.71. The van der Waals surface area contributed by atoms with E-state index < -0.39 is 0 Å². The molecule has 0 N–H and O–H groups in total. The highest BCUT2D eigenvalue weighted by molar-refractivity contribution is 6.04. The lowest BCUT2D eigenvalue weighted by Gasteiger charge is -2.35. The molecule has 20 heavy (non-hydrogen) atoms. The van der Waals surface area contributed by atoms with E-state index in [4.69, 9.17) is 0 Å². The van der Waals surface area contributed by atoms with Crippen LogP contribution in [0.2, 0.25) is 0 Å². The second-order valence-corrected chi connectivity index (χ2v) is 6.33. The van der Waals surface area contributed by atoms with Crippen LogP contribution in [0, 0.1) is 6.92 Å². The second-order valence-electron chi connectivity index (χ2n) is 6.33. The van der Waals surface area contributed by atoms with Gasteiger partial charge in [0.25, 0.3) is 0 Å². The summed E-state index contributed by atoms with van der Waals surface area (Å²) in [5.74, 6) is 0. The summed E-state index contributed by atoms with van der Waals surface area (Å²) in [7, 11) is 0. The third-order valence-electron chi connectivity index (χ3n) is 4.82. The summed E-state index contributed by atoms with van der Waals surface area (Å²) in [6, 6.07) is 20.1. The van der Waals surface area contributed by atoms with Crippen molar-refractivity contribution < 1.29 is 0 Å². The monoisotopic (exact) mass is 258 g/mol. The van der Waals surface area contributed by atoms with Gasteiger partial charge in [-0.15, -0.1) is 0 Å². The minimum absolute atomic E-state index is 0.0664. The van der Waals surface area contributed by atoms with Crippen LogP contribution >= 0.6 is 0 Å². The molecule has 1 aliphatic rings. The van der Waals surface area contributed by atoms with Crippen molar-refractivity contribution in [3.63, 3.8) is 0 Å². The van der Waals surface area contributed by atoms with E-state index in [1.54, 1.807) is 0 Å². The highest BCUT2D eigenvalue weighted by Crippen LogP contribution is 2.48. The van der Waals surface area contributed by atoms with Gasteiger partial charge in [0.05, 0.1) is 0 Å². The molecule has 0 aromatic heterocycles. The van der Waals surface area contributed by atoms with Gasteiger partial charge in [-0.05, 0) is 45.5 Å². The van der Waals surface area contributed by atoms with Crippen molar-refractivity contribution in [1.29, 1.82) is 0 Å². The van der Waals surface area contributed by atoms with Crippen molar-refractivity contribution >= 4 is 10.8 Å². The largest absolute Gasteiger partial charge is 0.0619 e. The first-order valence-electron chi connectivity index (χ1n) is 7.23. The molecule has 0 heteroatoms. The molecule has 0 nitrogen and oxygen atoms in total. The highest BCUT2D eigenvalue weighted by Gasteiger charge is 2.32. The van der Waals surface area contributed by atoms with Crippen molar-refractivity contribution in [2.45, 2.75) is 26.2 Å². The van der Waals surface area contributed by atoms with Crippen molar-refractivity contribution in [3.8, 4) is 11.1 Å². The Labute approximate surface area is 120 Å². The van der Waals surface area contributed by atoms with Crippen LogP contribution in [0.15, 0.2) is 54.6 Å². The topological polar surface area (TPSA) is 0 Å². The van der Waals surface area contributed by atoms with Crippen molar-refractivity contribution in [3.05, 3.63) is 71.3 Å². The van der Waals surface area contributed by atoms with Gasteiger partial charge < -0.3 is 0 Å². The quantitative estimate of drug-likeness (QED) is 0.502. The minimum atomic E-state index is 0.0664. The Hall–Kier alpha value is -2.08. The molecule has 0 spiro atoms. The first kappa shape index (κ1) is 11.7.